The van der Waals surface area contributed by atoms with E-state index in [1.54, 1.807) is 12.1 Å². The van der Waals surface area contributed by atoms with Gasteiger partial charge in [0.25, 0.3) is 0 Å². The first-order valence-electron chi connectivity index (χ1n) is 9.97. The van der Waals surface area contributed by atoms with E-state index in [1.165, 1.54) is 45.5 Å². The highest BCUT2D eigenvalue weighted by atomic mass is 35.5. The molecule has 1 N–H and O–H groups in total. The third-order valence-corrected chi connectivity index (χ3v) is 6.28. The van der Waals surface area contributed by atoms with Crippen molar-refractivity contribution in [3.05, 3.63) is 63.2 Å². The van der Waals surface area contributed by atoms with E-state index in [0.29, 0.717) is 0 Å². The zero-order valence-electron chi connectivity index (χ0n) is 18.5. The van der Waals surface area contributed by atoms with E-state index in [-0.39, 0.29) is 36.6 Å². The molecular formula is C23H31Cl2F3N2O. The van der Waals surface area contributed by atoms with Crippen LogP contribution < -0.4 is 10.1 Å². The van der Waals surface area contributed by atoms with Crippen LogP contribution in [0, 0.1) is 34.6 Å². The van der Waals surface area contributed by atoms with Crippen molar-refractivity contribution < 1.29 is 17.9 Å². The number of hydrogen-bond donors (Lipinski definition) is 1. The highest BCUT2D eigenvalue weighted by Crippen LogP contribution is 2.38. The third kappa shape index (κ3) is 6.07. The van der Waals surface area contributed by atoms with Crippen molar-refractivity contribution in [1.29, 1.82) is 0 Å². The Morgan fingerprint density at radius 1 is 0.806 bits per heavy atom. The molecule has 1 atom stereocenters. The molecule has 1 fully saturated rings. The fraction of sp³-hybridized carbons (Fsp3) is 0.478. The Morgan fingerprint density at radius 3 is 1.71 bits per heavy atom. The number of piperazine rings is 1. The number of nitrogens with zero attached hydrogens (tertiary/aromatic N) is 1. The lowest BCUT2D eigenvalue weighted by molar-refractivity contribution is -0.274. The minimum absolute atomic E-state index is 0. The van der Waals surface area contributed by atoms with Crippen molar-refractivity contribution in [2.24, 2.45) is 0 Å². The van der Waals surface area contributed by atoms with Crippen molar-refractivity contribution in [2.75, 3.05) is 26.2 Å². The summed E-state index contributed by atoms with van der Waals surface area (Å²) in [6.45, 7) is 14.3. The Hall–Kier alpha value is -1.47. The second-order valence-electron chi connectivity index (χ2n) is 7.84. The smallest absolute Gasteiger partial charge is 0.406 e. The molecule has 0 aliphatic carbocycles. The van der Waals surface area contributed by atoms with Crippen molar-refractivity contribution >= 4 is 24.8 Å². The number of alkyl halides is 3. The summed E-state index contributed by atoms with van der Waals surface area (Å²) in [4.78, 5) is 2.42. The molecule has 174 valence electrons. The summed E-state index contributed by atoms with van der Waals surface area (Å²) in [6, 6.07) is 6.34. The summed E-state index contributed by atoms with van der Waals surface area (Å²) < 4.78 is 41.7. The lowest BCUT2D eigenvalue weighted by Crippen LogP contribution is -2.45. The maximum atomic E-state index is 12.6. The number of benzene rings is 2. The van der Waals surface area contributed by atoms with Crippen LogP contribution in [0.5, 0.6) is 5.75 Å². The van der Waals surface area contributed by atoms with Crippen LogP contribution in [0.3, 0.4) is 0 Å². The molecule has 2 aromatic carbocycles. The van der Waals surface area contributed by atoms with Crippen LogP contribution in [0.1, 0.15) is 45.0 Å². The zero-order chi connectivity index (χ0) is 21.3. The van der Waals surface area contributed by atoms with Crippen LogP contribution in [0.2, 0.25) is 0 Å². The number of rotatable bonds is 4. The molecule has 1 aliphatic heterocycles. The fourth-order valence-corrected chi connectivity index (χ4v) is 4.29. The van der Waals surface area contributed by atoms with Crippen LogP contribution in [-0.2, 0) is 0 Å². The molecule has 31 heavy (non-hydrogen) atoms. The molecule has 0 aromatic heterocycles. The van der Waals surface area contributed by atoms with E-state index in [4.69, 9.17) is 0 Å². The van der Waals surface area contributed by atoms with Crippen LogP contribution >= 0.6 is 24.8 Å². The number of nitrogens with one attached hydrogen (secondary N) is 1. The van der Waals surface area contributed by atoms with E-state index in [2.05, 4.69) is 49.6 Å². The lowest BCUT2D eigenvalue weighted by Gasteiger charge is -2.38. The Kier molecular flexibility index (Phi) is 9.70. The number of ether oxygens (including phenoxy) is 1. The summed E-state index contributed by atoms with van der Waals surface area (Å²) >= 11 is 0. The normalized spacial score (nSPS) is 15.6. The first-order chi connectivity index (χ1) is 13.6. The second kappa shape index (κ2) is 10.9. The van der Waals surface area contributed by atoms with Crippen LogP contribution in [0.15, 0.2) is 24.3 Å². The molecule has 2 aromatic rings. The molecule has 0 unspecified atom stereocenters. The van der Waals surface area contributed by atoms with E-state index in [1.807, 2.05) is 0 Å². The first-order valence-corrected chi connectivity index (χ1v) is 9.97. The van der Waals surface area contributed by atoms with Crippen molar-refractivity contribution in [1.82, 2.24) is 10.2 Å². The van der Waals surface area contributed by atoms with Gasteiger partial charge in [-0.2, -0.15) is 0 Å². The van der Waals surface area contributed by atoms with Gasteiger partial charge in [-0.3, -0.25) is 4.90 Å². The molecule has 0 spiro atoms. The summed E-state index contributed by atoms with van der Waals surface area (Å²) in [5.41, 5.74) is 8.61. The standard InChI is InChI=1S/C23H29F3N2O.2ClH/c1-14-15(2)17(4)21(18(5)16(14)3)22(28-12-10-27-11-13-28)19-6-8-20(9-7-19)29-23(24,25)26;;/h6-9,22,27H,10-13H2,1-5H3;2*1H/t22-;;/m1../s1. The average Bonchev–Trinajstić information content (AvgIpc) is 2.68. The topological polar surface area (TPSA) is 24.5 Å². The van der Waals surface area contributed by atoms with Gasteiger partial charge in [-0.25, -0.2) is 0 Å². The molecule has 1 saturated heterocycles. The molecule has 1 heterocycles. The molecule has 3 nitrogen and oxygen atoms in total. The Labute approximate surface area is 195 Å². The van der Waals surface area contributed by atoms with Gasteiger partial charge in [0.2, 0.25) is 0 Å². The van der Waals surface area contributed by atoms with Crippen LogP contribution in [0.25, 0.3) is 0 Å². The van der Waals surface area contributed by atoms with Crippen LogP contribution in [0.4, 0.5) is 13.2 Å². The highest BCUT2D eigenvalue weighted by Gasteiger charge is 2.32. The molecule has 0 saturated carbocycles. The summed E-state index contributed by atoms with van der Waals surface area (Å²) in [5.74, 6) is -0.190. The molecule has 0 amide bonds. The summed E-state index contributed by atoms with van der Waals surface area (Å²) in [5, 5.41) is 3.38. The largest absolute Gasteiger partial charge is 0.573 e. The Bertz CT molecular complexity index is 851. The quantitative estimate of drug-likeness (QED) is 0.585. The van der Waals surface area contributed by atoms with Crippen molar-refractivity contribution in [3.63, 3.8) is 0 Å². The molecule has 0 radical (unpaired) electrons. The van der Waals surface area contributed by atoms with Crippen molar-refractivity contribution in [2.45, 2.75) is 47.0 Å². The Morgan fingerprint density at radius 2 is 1.26 bits per heavy atom. The second-order valence-corrected chi connectivity index (χ2v) is 7.84. The molecule has 8 heteroatoms. The van der Waals surface area contributed by atoms with E-state index >= 15 is 0 Å². The monoisotopic (exact) mass is 478 g/mol. The number of hydrogen-bond acceptors (Lipinski definition) is 3. The van der Waals surface area contributed by atoms with Gasteiger partial charge in [0.15, 0.2) is 0 Å². The number of halogens is 5. The zero-order valence-corrected chi connectivity index (χ0v) is 20.2. The molecule has 0 bridgehead atoms. The molecule has 3 rings (SSSR count). The minimum atomic E-state index is -4.68. The molecular weight excluding hydrogens is 448 g/mol. The van der Waals surface area contributed by atoms with Gasteiger partial charge in [-0.05, 0) is 85.7 Å². The van der Waals surface area contributed by atoms with Gasteiger partial charge in [0.05, 0.1) is 6.04 Å². The van der Waals surface area contributed by atoms with Gasteiger partial charge in [0, 0.05) is 26.2 Å². The van der Waals surface area contributed by atoms with E-state index in [0.717, 1.165) is 31.7 Å². The highest BCUT2D eigenvalue weighted by molar-refractivity contribution is 5.85. The summed E-state index contributed by atoms with van der Waals surface area (Å²) in [6.07, 6.45) is -4.68. The Balaban J connectivity index is 0.00000240. The van der Waals surface area contributed by atoms with E-state index < -0.39 is 6.36 Å². The molecule has 1 aliphatic rings. The predicted molar refractivity (Wildman–Crippen MR) is 124 cm³/mol. The van der Waals surface area contributed by atoms with E-state index in [9.17, 15) is 13.2 Å². The van der Waals surface area contributed by atoms with Gasteiger partial charge in [-0.1, -0.05) is 12.1 Å². The third-order valence-electron chi connectivity index (χ3n) is 6.28. The first kappa shape index (κ1) is 27.6. The van der Waals surface area contributed by atoms with Gasteiger partial charge in [0.1, 0.15) is 5.75 Å². The fourth-order valence-electron chi connectivity index (χ4n) is 4.29. The van der Waals surface area contributed by atoms with Gasteiger partial charge < -0.3 is 10.1 Å². The van der Waals surface area contributed by atoms with Gasteiger partial charge >= 0.3 is 6.36 Å². The lowest BCUT2D eigenvalue weighted by atomic mass is 9.83. The average molecular weight is 479 g/mol. The minimum Gasteiger partial charge on any atom is -0.406 e. The maximum Gasteiger partial charge on any atom is 0.573 e. The van der Waals surface area contributed by atoms with Crippen LogP contribution in [-0.4, -0.2) is 37.4 Å². The van der Waals surface area contributed by atoms with Crippen molar-refractivity contribution in [3.8, 4) is 5.75 Å². The summed E-state index contributed by atoms with van der Waals surface area (Å²) in [7, 11) is 0. The SMILES string of the molecule is Cc1c(C)c(C)c([C@@H](c2ccc(OC(F)(F)F)cc2)N2CCNCC2)c(C)c1C.Cl.Cl. The maximum absolute atomic E-state index is 12.6. The van der Waals surface area contributed by atoms with Gasteiger partial charge in [-0.15, -0.1) is 38.0 Å². The predicted octanol–water partition coefficient (Wildman–Crippen LogP) is 5.97.